The monoisotopic (exact) mass is 262 g/mol. The second-order valence-corrected chi connectivity index (χ2v) is 5.75. The summed E-state index contributed by atoms with van der Waals surface area (Å²) in [5.74, 6) is 1.62. The van der Waals surface area contributed by atoms with Gasteiger partial charge in [0, 0.05) is 19.5 Å². The molecule has 0 bridgehead atoms. The third-order valence-corrected chi connectivity index (χ3v) is 3.84. The van der Waals surface area contributed by atoms with E-state index in [9.17, 15) is 0 Å². The molecule has 2 atom stereocenters. The highest BCUT2D eigenvalue weighted by Gasteiger charge is 2.24. The molecule has 1 aromatic rings. The maximum atomic E-state index is 6.04. The van der Waals surface area contributed by atoms with Gasteiger partial charge in [0.2, 0.25) is 0 Å². The Hall–Kier alpha value is -1.06. The second-order valence-electron chi connectivity index (χ2n) is 5.75. The standard InChI is InChI=1S/C16H26N2O/c1-4-18(10-13(3)9-17)11-15-8-14-7-12(2)5-6-16(14)19-15/h5-7,13,15H,4,8-11,17H2,1-3H3. The molecule has 0 spiro atoms. The van der Waals surface area contributed by atoms with Crippen LogP contribution in [0.4, 0.5) is 0 Å². The van der Waals surface area contributed by atoms with Crippen LogP contribution in [-0.2, 0) is 6.42 Å². The molecule has 0 aliphatic carbocycles. The molecule has 0 radical (unpaired) electrons. The fraction of sp³-hybridized carbons (Fsp3) is 0.625. The predicted molar refractivity (Wildman–Crippen MR) is 79.6 cm³/mol. The van der Waals surface area contributed by atoms with Gasteiger partial charge in [-0.05, 0) is 37.6 Å². The first kappa shape index (κ1) is 14.4. The van der Waals surface area contributed by atoms with E-state index < -0.39 is 0 Å². The average Bonchev–Trinajstić information content (AvgIpc) is 2.79. The van der Waals surface area contributed by atoms with Crippen molar-refractivity contribution in [3.05, 3.63) is 29.3 Å². The van der Waals surface area contributed by atoms with Crippen LogP contribution in [-0.4, -0.2) is 37.2 Å². The van der Waals surface area contributed by atoms with Crippen molar-refractivity contribution in [2.24, 2.45) is 11.7 Å². The number of hydrogen-bond donors (Lipinski definition) is 1. The van der Waals surface area contributed by atoms with Crippen LogP contribution in [0.5, 0.6) is 5.75 Å². The third-order valence-electron chi connectivity index (χ3n) is 3.84. The molecular formula is C16H26N2O. The highest BCUT2D eigenvalue weighted by molar-refractivity contribution is 5.40. The molecule has 0 saturated heterocycles. The molecule has 0 saturated carbocycles. The molecule has 3 nitrogen and oxygen atoms in total. The van der Waals surface area contributed by atoms with E-state index in [0.29, 0.717) is 12.0 Å². The van der Waals surface area contributed by atoms with Crippen LogP contribution in [0.25, 0.3) is 0 Å². The molecule has 3 heteroatoms. The van der Waals surface area contributed by atoms with Crippen LogP contribution in [0.1, 0.15) is 25.0 Å². The van der Waals surface area contributed by atoms with Gasteiger partial charge in [-0.15, -0.1) is 0 Å². The van der Waals surface area contributed by atoms with Crippen molar-refractivity contribution >= 4 is 0 Å². The molecule has 1 aliphatic heterocycles. The third kappa shape index (κ3) is 3.71. The van der Waals surface area contributed by atoms with Gasteiger partial charge >= 0.3 is 0 Å². The largest absolute Gasteiger partial charge is 0.488 e. The normalized spacial score (nSPS) is 19.3. The summed E-state index contributed by atoms with van der Waals surface area (Å²) in [5, 5.41) is 0. The van der Waals surface area contributed by atoms with Crippen molar-refractivity contribution in [2.75, 3.05) is 26.2 Å². The molecule has 2 unspecified atom stereocenters. The molecule has 0 fully saturated rings. The van der Waals surface area contributed by atoms with Crippen molar-refractivity contribution in [3.63, 3.8) is 0 Å². The van der Waals surface area contributed by atoms with Gasteiger partial charge in [0.15, 0.2) is 0 Å². The van der Waals surface area contributed by atoms with Crippen LogP contribution < -0.4 is 10.5 Å². The number of nitrogens with two attached hydrogens (primary N) is 1. The summed E-state index contributed by atoms with van der Waals surface area (Å²) in [6.07, 6.45) is 1.33. The van der Waals surface area contributed by atoms with E-state index >= 15 is 0 Å². The van der Waals surface area contributed by atoms with E-state index in [1.165, 1.54) is 11.1 Å². The lowest BCUT2D eigenvalue weighted by molar-refractivity contribution is 0.143. The maximum Gasteiger partial charge on any atom is 0.123 e. The van der Waals surface area contributed by atoms with Gasteiger partial charge in [-0.2, -0.15) is 0 Å². The van der Waals surface area contributed by atoms with Crippen LogP contribution in [0.15, 0.2) is 18.2 Å². The van der Waals surface area contributed by atoms with Crippen LogP contribution >= 0.6 is 0 Å². The zero-order valence-electron chi connectivity index (χ0n) is 12.4. The molecule has 1 aromatic carbocycles. The van der Waals surface area contributed by atoms with Gasteiger partial charge < -0.3 is 10.5 Å². The Labute approximate surface area is 116 Å². The van der Waals surface area contributed by atoms with Gasteiger partial charge in [0.05, 0.1) is 0 Å². The first-order valence-electron chi connectivity index (χ1n) is 7.31. The van der Waals surface area contributed by atoms with Crippen molar-refractivity contribution in [1.29, 1.82) is 0 Å². The molecule has 2 N–H and O–H groups in total. The highest BCUT2D eigenvalue weighted by Crippen LogP contribution is 2.29. The smallest absolute Gasteiger partial charge is 0.123 e. The quantitative estimate of drug-likeness (QED) is 0.854. The Morgan fingerprint density at radius 2 is 2.26 bits per heavy atom. The summed E-state index contributed by atoms with van der Waals surface area (Å²) in [6.45, 7) is 10.4. The average molecular weight is 262 g/mol. The molecule has 0 aromatic heterocycles. The van der Waals surface area contributed by atoms with E-state index in [1.54, 1.807) is 0 Å². The predicted octanol–water partition coefficient (Wildman–Crippen LogP) is 2.22. The van der Waals surface area contributed by atoms with Crippen molar-refractivity contribution < 1.29 is 4.74 Å². The molecule has 106 valence electrons. The minimum absolute atomic E-state index is 0.293. The number of hydrogen-bond acceptors (Lipinski definition) is 3. The van der Waals surface area contributed by atoms with E-state index in [-0.39, 0.29) is 0 Å². The summed E-state index contributed by atoms with van der Waals surface area (Å²) in [5.41, 5.74) is 8.38. The Kier molecular flexibility index (Phi) is 4.83. The van der Waals surface area contributed by atoms with E-state index in [1.807, 2.05) is 0 Å². The number of benzene rings is 1. The summed E-state index contributed by atoms with van der Waals surface area (Å²) in [6, 6.07) is 6.47. The Morgan fingerprint density at radius 3 is 2.95 bits per heavy atom. The zero-order chi connectivity index (χ0) is 13.8. The van der Waals surface area contributed by atoms with E-state index in [4.69, 9.17) is 10.5 Å². The van der Waals surface area contributed by atoms with E-state index in [2.05, 4.69) is 43.9 Å². The summed E-state index contributed by atoms with van der Waals surface area (Å²) in [7, 11) is 0. The first-order chi connectivity index (χ1) is 9.12. The molecule has 2 rings (SSSR count). The fourth-order valence-corrected chi connectivity index (χ4v) is 2.69. The van der Waals surface area contributed by atoms with Crippen LogP contribution in [0.2, 0.25) is 0 Å². The first-order valence-corrected chi connectivity index (χ1v) is 7.31. The summed E-state index contributed by atoms with van der Waals surface area (Å²) >= 11 is 0. The van der Waals surface area contributed by atoms with Crippen molar-refractivity contribution in [3.8, 4) is 5.75 Å². The number of ether oxygens (including phenoxy) is 1. The lowest BCUT2D eigenvalue weighted by atomic mass is 10.1. The number of aryl methyl sites for hydroxylation is 1. The SMILES string of the molecule is CCN(CC(C)CN)CC1Cc2cc(C)ccc2O1. The minimum atomic E-state index is 0.293. The highest BCUT2D eigenvalue weighted by atomic mass is 16.5. The van der Waals surface area contributed by atoms with E-state index in [0.717, 1.165) is 38.3 Å². The maximum absolute atomic E-state index is 6.04. The van der Waals surface area contributed by atoms with Gasteiger partial charge in [-0.25, -0.2) is 0 Å². The Morgan fingerprint density at radius 1 is 1.47 bits per heavy atom. The molecule has 1 aliphatic rings. The summed E-state index contributed by atoms with van der Waals surface area (Å²) in [4.78, 5) is 2.45. The van der Waals surface area contributed by atoms with Gasteiger partial charge in [0.25, 0.3) is 0 Å². The van der Waals surface area contributed by atoms with Crippen molar-refractivity contribution in [2.45, 2.75) is 33.3 Å². The van der Waals surface area contributed by atoms with Gasteiger partial charge in [0.1, 0.15) is 11.9 Å². The Bertz CT molecular complexity index is 419. The van der Waals surface area contributed by atoms with Gasteiger partial charge in [-0.3, -0.25) is 4.90 Å². The lowest BCUT2D eigenvalue weighted by Crippen LogP contribution is -2.38. The lowest BCUT2D eigenvalue weighted by Gasteiger charge is -2.26. The van der Waals surface area contributed by atoms with Crippen molar-refractivity contribution in [1.82, 2.24) is 4.90 Å². The summed E-state index contributed by atoms with van der Waals surface area (Å²) < 4.78 is 6.04. The zero-order valence-corrected chi connectivity index (χ0v) is 12.4. The van der Waals surface area contributed by atoms with Crippen LogP contribution in [0.3, 0.4) is 0 Å². The topological polar surface area (TPSA) is 38.5 Å². The molecule has 0 amide bonds. The number of fused-ring (bicyclic) bond motifs is 1. The Balaban J connectivity index is 1.91. The van der Waals surface area contributed by atoms with Crippen LogP contribution in [0, 0.1) is 12.8 Å². The fourth-order valence-electron chi connectivity index (χ4n) is 2.69. The number of rotatable bonds is 6. The molecular weight excluding hydrogens is 236 g/mol. The molecule has 19 heavy (non-hydrogen) atoms. The molecule has 1 heterocycles. The number of likely N-dealkylation sites (N-methyl/N-ethyl adjacent to an activating group) is 1. The second kappa shape index (κ2) is 6.40. The number of nitrogens with zero attached hydrogens (tertiary/aromatic N) is 1. The minimum Gasteiger partial charge on any atom is -0.488 e. The van der Waals surface area contributed by atoms with Gasteiger partial charge in [-0.1, -0.05) is 31.5 Å².